The highest BCUT2D eigenvalue weighted by molar-refractivity contribution is 6.15. The Morgan fingerprint density at radius 3 is 2.70 bits per heavy atom. The van der Waals surface area contributed by atoms with Gasteiger partial charge in [-0.05, 0) is 50.6 Å². The summed E-state index contributed by atoms with van der Waals surface area (Å²) in [5.74, 6) is -0.454. The van der Waals surface area contributed by atoms with Gasteiger partial charge in [0.05, 0.1) is 29.6 Å². The molecule has 1 aromatic carbocycles. The molecule has 0 aliphatic carbocycles. The first-order chi connectivity index (χ1) is 14.4. The van der Waals surface area contributed by atoms with Crippen LogP contribution in [0.5, 0.6) is 6.01 Å². The topological polar surface area (TPSA) is 100 Å². The van der Waals surface area contributed by atoms with E-state index in [1.165, 1.54) is 10.6 Å². The molecule has 3 heterocycles. The summed E-state index contributed by atoms with van der Waals surface area (Å²) in [6.07, 6.45) is 1.54. The van der Waals surface area contributed by atoms with Crippen LogP contribution in [0.25, 0.3) is 22.2 Å². The van der Waals surface area contributed by atoms with Crippen molar-refractivity contribution in [3.05, 3.63) is 59.0 Å². The van der Waals surface area contributed by atoms with Crippen LogP contribution in [-0.4, -0.2) is 38.5 Å². The van der Waals surface area contributed by atoms with Gasteiger partial charge in [-0.25, -0.2) is 13.9 Å². The van der Waals surface area contributed by atoms with Crippen molar-refractivity contribution in [2.45, 2.75) is 20.8 Å². The summed E-state index contributed by atoms with van der Waals surface area (Å²) in [5.41, 5.74) is 2.86. The van der Waals surface area contributed by atoms with Crippen molar-refractivity contribution in [2.24, 2.45) is 0 Å². The number of ketones is 1. The van der Waals surface area contributed by atoms with Gasteiger partial charge in [0.15, 0.2) is 0 Å². The molecule has 0 spiro atoms. The highest BCUT2D eigenvalue weighted by atomic mass is 19.1. The lowest BCUT2D eigenvalue weighted by atomic mass is 9.97. The quantitative estimate of drug-likeness (QED) is 0.355. The number of fused-ring (bicyclic) bond motifs is 1. The maximum Gasteiger partial charge on any atom is 0.304 e. The van der Waals surface area contributed by atoms with Crippen LogP contribution in [0.4, 0.5) is 4.39 Å². The maximum atomic E-state index is 13.3. The monoisotopic (exact) mass is 408 g/mol. The van der Waals surface area contributed by atoms with E-state index in [9.17, 15) is 14.0 Å². The largest absolute Gasteiger partial charge is 0.465 e. The van der Waals surface area contributed by atoms with E-state index >= 15 is 0 Å². The zero-order valence-electron chi connectivity index (χ0n) is 16.5. The van der Waals surface area contributed by atoms with Crippen LogP contribution < -0.4 is 4.74 Å². The Kier molecular flexibility index (Phi) is 4.86. The second-order valence-corrected chi connectivity index (χ2v) is 6.58. The van der Waals surface area contributed by atoms with Gasteiger partial charge in [0.2, 0.25) is 12.2 Å². The minimum Gasteiger partial charge on any atom is -0.465 e. The Morgan fingerprint density at radius 2 is 2.10 bits per heavy atom. The van der Waals surface area contributed by atoms with Crippen LogP contribution in [0.1, 0.15) is 34.4 Å². The second kappa shape index (κ2) is 7.51. The third-order valence-corrected chi connectivity index (χ3v) is 4.67. The molecule has 0 saturated heterocycles. The average molecular weight is 408 g/mol. The van der Waals surface area contributed by atoms with Crippen LogP contribution in [0.2, 0.25) is 0 Å². The normalized spacial score (nSPS) is 11.1. The molecule has 0 N–H and O–H groups in total. The number of aromatic nitrogens is 4. The van der Waals surface area contributed by atoms with Crippen LogP contribution >= 0.6 is 0 Å². The summed E-state index contributed by atoms with van der Waals surface area (Å²) in [6.45, 7) is 5.59. The zero-order valence-corrected chi connectivity index (χ0v) is 16.5. The highest BCUT2D eigenvalue weighted by Crippen LogP contribution is 2.34. The number of carbonyl (C=O) groups excluding carboxylic acids is 2. The van der Waals surface area contributed by atoms with Gasteiger partial charge in [-0.3, -0.25) is 9.59 Å². The molecule has 0 bridgehead atoms. The van der Waals surface area contributed by atoms with Gasteiger partial charge in [0, 0.05) is 5.56 Å². The number of benzene rings is 1. The number of carbonyl (C=O) groups is 2. The molecule has 0 aliphatic heterocycles. The summed E-state index contributed by atoms with van der Waals surface area (Å²) in [7, 11) is 0. The molecule has 152 valence electrons. The Balaban J connectivity index is 2.02. The fourth-order valence-electron chi connectivity index (χ4n) is 3.37. The third-order valence-electron chi connectivity index (χ3n) is 4.67. The molecule has 0 atom stereocenters. The van der Waals surface area contributed by atoms with Crippen LogP contribution in [-0.2, 0) is 4.79 Å². The summed E-state index contributed by atoms with van der Waals surface area (Å²) in [6, 6.07) is 5.89. The van der Waals surface area contributed by atoms with Gasteiger partial charge in [-0.2, -0.15) is 4.98 Å². The van der Waals surface area contributed by atoms with Gasteiger partial charge < -0.3 is 9.26 Å². The lowest BCUT2D eigenvalue weighted by Gasteiger charge is -2.07. The van der Waals surface area contributed by atoms with Crippen molar-refractivity contribution < 1.29 is 23.2 Å². The molecule has 0 radical (unpaired) electrons. The summed E-state index contributed by atoms with van der Waals surface area (Å²) in [4.78, 5) is 33.2. The molecular weight excluding hydrogens is 391 g/mol. The van der Waals surface area contributed by atoms with Gasteiger partial charge in [0.1, 0.15) is 22.8 Å². The minimum atomic E-state index is -0.551. The van der Waals surface area contributed by atoms with Crippen LogP contribution in [0.15, 0.2) is 35.0 Å². The van der Waals surface area contributed by atoms with E-state index in [2.05, 4.69) is 15.1 Å². The number of rotatable bonds is 6. The lowest BCUT2D eigenvalue weighted by molar-refractivity contribution is 0.103. The third kappa shape index (κ3) is 3.14. The van der Waals surface area contributed by atoms with E-state index < -0.39 is 11.6 Å². The first-order valence-corrected chi connectivity index (χ1v) is 9.18. The van der Waals surface area contributed by atoms with Crippen LogP contribution in [0, 0.1) is 19.7 Å². The SMILES string of the molecule is CCOc1nc2c(C(=O)c3ccc(F)cn3)cc(-c3c(C)noc3C)cc2n1C=O. The zero-order chi connectivity index (χ0) is 21.4. The molecule has 4 aromatic rings. The first-order valence-electron chi connectivity index (χ1n) is 9.18. The Morgan fingerprint density at radius 1 is 1.30 bits per heavy atom. The van der Waals surface area contributed by atoms with E-state index in [0.717, 1.165) is 12.3 Å². The number of nitrogens with zero attached hydrogens (tertiary/aromatic N) is 4. The van der Waals surface area contributed by atoms with E-state index in [1.807, 2.05) is 0 Å². The molecular formula is C21H17FN4O4. The first kappa shape index (κ1) is 19.4. The summed E-state index contributed by atoms with van der Waals surface area (Å²) < 4.78 is 25.2. The summed E-state index contributed by atoms with van der Waals surface area (Å²) in [5, 5.41) is 3.96. The molecule has 9 heteroatoms. The molecule has 0 aliphatic rings. The number of hydrogen-bond donors (Lipinski definition) is 0. The van der Waals surface area contributed by atoms with Crippen molar-refractivity contribution in [1.29, 1.82) is 0 Å². The number of imidazole rings is 1. The van der Waals surface area contributed by atoms with Crippen molar-refractivity contribution >= 4 is 23.2 Å². The average Bonchev–Trinajstić information content (AvgIpc) is 3.26. The van der Waals surface area contributed by atoms with Crippen molar-refractivity contribution in [3.8, 4) is 17.1 Å². The number of hydrogen-bond acceptors (Lipinski definition) is 7. The van der Waals surface area contributed by atoms with Crippen molar-refractivity contribution in [2.75, 3.05) is 6.61 Å². The summed E-state index contributed by atoms with van der Waals surface area (Å²) >= 11 is 0. The standard InChI is InChI=1S/C21H17FN4O4/c1-4-29-21-24-19-15(20(28)16-6-5-14(22)9-23-16)7-13(8-17(19)26(21)10-27)18-11(2)25-30-12(18)3/h5-10H,4H2,1-3H3. The van der Waals surface area contributed by atoms with E-state index in [-0.39, 0.29) is 29.4 Å². The number of aryl methyl sites for hydroxylation is 2. The number of ether oxygens (including phenoxy) is 1. The molecule has 0 saturated carbocycles. The van der Waals surface area contributed by atoms with Gasteiger partial charge in [-0.15, -0.1) is 0 Å². The molecule has 0 amide bonds. The molecule has 0 fully saturated rings. The highest BCUT2D eigenvalue weighted by Gasteiger charge is 2.24. The fraction of sp³-hybridized carbons (Fsp3) is 0.190. The van der Waals surface area contributed by atoms with E-state index in [0.29, 0.717) is 34.5 Å². The molecule has 4 rings (SSSR count). The van der Waals surface area contributed by atoms with Crippen molar-refractivity contribution in [1.82, 2.24) is 19.7 Å². The van der Waals surface area contributed by atoms with E-state index in [4.69, 9.17) is 9.26 Å². The Labute approximate surface area is 170 Å². The van der Waals surface area contributed by atoms with Gasteiger partial charge >= 0.3 is 6.01 Å². The Hall–Kier alpha value is -3.88. The van der Waals surface area contributed by atoms with Crippen LogP contribution in [0.3, 0.4) is 0 Å². The molecule has 0 unspecified atom stereocenters. The molecule has 3 aromatic heterocycles. The fourth-order valence-corrected chi connectivity index (χ4v) is 3.37. The van der Waals surface area contributed by atoms with Gasteiger partial charge in [0.25, 0.3) is 0 Å². The number of halogens is 1. The lowest BCUT2D eigenvalue weighted by Crippen LogP contribution is -2.06. The smallest absolute Gasteiger partial charge is 0.304 e. The van der Waals surface area contributed by atoms with Gasteiger partial charge in [-0.1, -0.05) is 5.16 Å². The second-order valence-electron chi connectivity index (χ2n) is 6.58. The molecule has 30 heavy (non-hydrogen) atoms. The molecule has 8 nitrogen and oxygen atoms in total. The van der Waals surface area contributed by atoms with Crippen molar-refractivity contribution in [3.63, 3.8) is 0 Å². The predicted octanol–water partition coefficient (Wildman–Crippen LogP) is 3.51. The predicted molar refractivity (Wildman–Crippen MR) is 106 cm³/mol. The minimum absolute atomic E-state index is 0.0484. The maximum absolute atomic E-state index is 13.3. The number of pyridine rings is 1. The Bertz CT molecular complexity index is 1260. The van der Waals surface area contributed by atoms with E-state index in [1.54, 1.807) is 32.9 Å².